The van der Waals surface area contributed by atoms with E-state index >= 15 is 0 Å². The maximum absolute atomic E-state index is 4.52. The Morgan fingerprint density at radius 3 is 2.71 bits per heavy atom. The highest BCUT2D eigenvalue weighted by molar-refractivity contribution is 7.80. The van der Waals surface area contributed by atoms with Crippen LogP contribution in [-0.4, -0.2) is 14.8 Å². The largest absolute Gasteiger partial charge is 0.252 e. The predicted octanol–water partition coefficient (Wildman–Crippen LogP) is 1.95. The average molecular weight is 205 g/mol. The van der Waals surface area contributed by atoms with Gasteiger partial charge in [0.05, 0.1) is 6.54 Å². The lowest BCUT2D eigenvalue weighted by Crippen LogP contribution is -2.04. The molecule has 0 saturated carbocycles. The van der Waals surface area contributed by atoms with Crippen LogP contribution in [0.4, 0.5) is 0 Å². The van der Waals surface area contributed by atoms with Gasteiger partial charge in [-0.25, -0.2) is 4.98 Å². The quantitative estimate of drug-likeness (QED) is 0.776. The van der Waals surface area contributed by atoms with E-state index in [1.807, 2.05) is 18.2 Å². The van der Waals surface area contributed by atoms with E-state index in [4.69, 9.17) is 0 Å². The summed E-state index contributed by atoms with van der Waals surface area (Å²) < 4.78 is 1.78. The van der Waals surface area contributed by atoms with Crippen molar-refractivity contribution in [1.82, 2.24) is 14.8 Å². The van der Waals surface area contributed by atoms with Crippen LogP contribution in [0.3, 0.4) is 0 Å². The van der Waals surface area contributed by atoms with Crippen LogP contribution in [-0.2, 0) is 6.54 Å². The summed E-state index contributed by atoms with van der Waals surface area (Å²) in [5, 5.41) is 4.20. The van der Waals surface area contributed by atoms with E-state index in [1.54, 1.807) is 11.0 Å². The topological polar surface area (TPSA) is 30.7 Å². The zero-order chi connectivity index (χ0) is 9.80. The van der Waals surface area contributed by atoms with Gasteiger partial charge in [-0.05, 0) is 5.56 Å². The average Bonchev–Trinajstić information content (AvgIpc) is 2.72. The van der Waals surface area contributed by atoms with Gasteiger partial charge in [-0.15, -0.1) is 0 Å². The second kappa shape index (κ2) is 4.28. The standard InChI is InChI=1S/C10H11N3S/c14-10(6-13-8-11-7-12-13)9-4-2-1-3-5-9/h1-5,7-8,10,14H,6H2. The lowest BCUT2D eigenvalue weighted by atomic mass is 10.1. The van der Waals surface area contributed by atoms with Crippen LogP contribution >= 0.6 is 12.6 Å². The second-order valence-electron chi connectivity index (χ2n) is 3.04. The summed E-state index contributed by atoms with van der Waals surface area (Å²) in [4.78, 5) is 3.89. The third kappa shape index (κ3) is 2.14. The summed E-state index contributed by atoms with van der Waals surface area (Å²) in [6, 6.07) is 10.2. The molecule has 0 N–H and O–H groups in total. The lowest BCUT2D eigenvalue weighted by Gasteiger charge is -2.10. The third-order valence-corrected chi connectivity index (χ3v) is 2.47. The van der Waals surface area contributed by atoms with E-state index < -0.39 is 0 Å². The zero-order valence-corrected chi connectivity index (χ0v) is 8.51. The van der Waals surface area contributed by atoms with E-state index in [-0.39, 0.29) is 5.25 Å². The van der Waals surface area contributed by atoms with Gasteiger partial charge in [0.25, 0.3) is 0 Å². The molecule has 3 nitrogen and oxygen atoms in total. The van der Waals surface area contributed by atoms with Crippen LogP contribution in [0.2, 0.25) is 0 Å². The minimum Gasteiger partial charge on any atom is -0.252 e. The van der Waals surface area contributed by atoms with Crippen LogP contribution in [0, 0.1) is 0 Å². The van der Waals surface area contributed by atoms with Crippen molar-refractivity contribution in [3.8, 4) is 0 Å². The molecule has 0 bridgehead atoms. The van der Waals surface area contributed by atoms with Crippen molar-refractivity contribution in [1.29, 1.82) is 0 Å². The number of benzene rings is 1. The van der Waals surface area contributed by atoms with Crippen molar-refractivity contribution >= 4 is 12.6 Å². The van der Waals surface area contributed by atoms with Crippen molar-refractivity contribution in [2.45, 2.75) is 11.8 Å². The van der Waals surface area contributed by atoms with Gasteiger partial charge in [-0.1, -0.05) is 30.3 Å². The summed E-state index contributed by atoms with van der Waals surface area (Å²) in [7, 11) is 0. The normalized spacial score (nSPS) is 12.6. The highest BCUT2D eigenvalue weighted by Gasteiger charge is 2.06. The fraction of sp³-hybridized carbons (Fsp3) is 0.200. The van der Waals surface area contributed by atoms with Crippen LogP contribution in [0.1, 0.15) is 10.8 Å². The van der Waals surface area contributed by atoms with Gasteiger partial charge >= 0.3 is 0 Å². The van der Waals surface area contributed by atoms with Crippen LogP contribution in [0.15, 0.2) is 43.0 Å². The van der Waals surface area contributed by atoms with Crippen LogP contribution in [0.5, 0.6) is 0 Å². The minimum absolute atomic E-state index is 0.165. The minimum atomic E-state index is 0.165. The summed E-state index contributed by atoms with van der Waals surface area (Å²) in [5.74, 6) is 0. The first kappa shape index (κ1) is 9.27. The number of hydrogen-bond acceptors (Lipinski definition) is 3. The first-order chi connectivity index (χ1) is 6.86. The maximum Gasteiger partial charge on any atom is 0.137 e. The molecule has 2 aromatic rings. The summed E-state index contributed by atoms with van der Waals surface area (Å²) in [6.07, 6.45) is 3.23. The van der Waals surface area contributed by atoms with Crippen molar-refractivity contribution in [2.24, 2.45) is 0 Å². The summed E-state index contributed by atoms with van der Waals surface area (Å²) in [5.41, 5.74) is 1.20. The Morgan fingerprint density at radius 2 is 2.07 bits per heavy atom. The zero-order valence-electron chi connectivity index (χ0n) is 7.61. The molecule has 0 radical (unpaired) electrons. The molecular weight excluding hydrogens is 194 g/mol. The smallest absolute Gasteiger partial charge is 0.137 e. The molecule has 1 unspecified atom stereocenters. The van der Waals surface area contributed by atoms with Gasteiger partial charge in [0.15, 0.2) is 0 Å². The molecule has 2 rings (SSSR count). The van der Waals surface area contributed by atoms with Gasteiger partial charge < -0.3 is 0 Å². The van der Waals surface area contributed by atoms with Crippen molar-refractivity contribution in [2.75, 3.05) is 0 Å². The Bertz CT molecular complexity index is 372. The molecule has 0 aliphatic carbocycles. The molecular formula is C10H11N3S. The number of rotatable bonds is 3. The monoisotopic (exact) mass is 205 g/mol. The number of hydrogen-bond donors (Lipinski definition) is 1. The molecule has 14 heavy (non-hydrogen) atoms. The van der Waals surface area contributed by atoms with Crippen molar-refractivity contribution < 1.29 is 0 Å². The van der Waals surface area contributed by atoms with Crippen molar-refractivity contribution in [3.63, 3.8) is 0 Å². The third-order valence-electron chi connectivity index (χ3n) is 2.01. The fourth-order valence-electron chi connectivity index (χ4n) is 1.28. The predicted molar refractivity (Wildman–Crippen MR) is 58.2 cm³/mol. The Hall–Kier alpha value is -1.29. The Labute approximate surface area is 88.2 Å². The van der Waals surface area contributed by atoms with E-state index in [2.05, 4.69) is 34.8 Å². The summed E-state index contributed by atoms with van der Waals surface area (Å²) >= 11 is 4.52. The molecule has 1 aromatic carbocycles. The molecule has 72 valence electrons. The van der Waals surface area contributed by atoms with E-state index in [9.17, 15) is 0 Å². The second-order valence-corrected chi connectivity index (χ2v) is 3.67. The Kier molecular flexibility index (Phi) is 2.84. The number of nitrogens with zero attached hydrogens (tertiary/aromatic N) is 3. The Morgan fingerprint density at radius 1 is 1.29 bits per heavy atom. The van der Waals surface area contributed by atoms with Gasteiger partial charge in [0.2, 0.25) is 0 Å². The van der Waals surface area contributed by atoms with Gasteiger partial charge in [-0.3, -0.25) is 4.68 Å². The number of thiol groups is 1. The molecule has 0 aliphatic heterocycles. The SMILES string of the molecule is SC(Cn1cncn1)c1ccccc1. The molecule has 1 heterocycles. The highest BCUT2D eigenvalue weighted by atomic mass is 32.1. The highest BCUT2D eigenvalue weighted by Crippen LogP contribution is 2.20. The molecule has 0 saturated heterocycles. The summed E-state index contributed by atoms with van der Waals surface area (Å²) in [6.45, 7) is 0.743. The lowest BCUT2D eigenvalue weighted by molar-refractivity contribution is 0.606. The molecule has 0 spiro atoms. The van der Waals surface area contributed by atoms with Gasteiger partial charge in [-0.2, -0.15) is 17.7 Å². The molecule has 1 atom stereocenters. The maximum atomic E-state index is 4.52. The number of aromatic nitrogens is 3. The van der Waals surface area contributed by atoms with Crippen LogP contribution < -0.4 is 0 Å². The van der Waals surface area contributed by atoms with Crippen LogP contribution in [0.25, 0.3) is 0 Å². The van der Waals surface area contributed by atoms with E-state index in [0.717, 1.165) is 6.54 Å². The van der Waals surface area contributed by atoms with Gasteiger partial charge in [0, 0.05) is 5.25 Å². The molecule has 1 aromatic heterocycles. The molecule has 0 aliphatic rings. The van der Waals surface area contributed by atoms with Gasteiger partial charge in [0.1, 0.15) is 12.7 Å². The molecule has 4 heteroatoms. The first-order valence-corrected chi connectivity index (χ1v) is 4.93. The fourth-order valence-corrected chi connectivity index (χ4v) is 1.62. The molecule has 0 amide bonds. The van der Waals surface area contributed by atoms with Crippen molar-refractivity contribution in [3.05, 3.63) is 48.5 Å². The first-order valence-electron chi connectivity index (χ1n) is 4.41. The Balaban J connectivity index is 2.07. The molecule has 0 fully saturated rings. The van der Waals surface area contributed by atoms with E-state index in [0.29, 0.717) is 0 Å². The van der Waals surface area contributed by atoms with E-state index in [1.165, 1.54) is 11.9 Å².